The van der Waals surface area contributed by atoms with Crippen LogP contribution in [0.3, 0.4) is 0 Å². The minimum atomic E-state index is -3.67. The van der Waals surface area contributed by atoms with Gasteiger partial charge in [-0.05, 0) is 36.8 Å². The average Bonchev–Trinajstić information content (AvgIpc) is 2.91. The molecule has 0 bridgehead atoms. The zero-order valence-corrected chi connectivity index (χ0v) is 13.3. The number of hydrogen-bond donors (Lipinski definition) is 1. The first-order valence-corrected chi connectivity index (χ1v) is 8.42. The van der Waals surface area contributed by atoms with E-state index >= 15 is 0 Å². The second-order valence-corrected chi connectivity index (χ2v) is 6.99. The van der Waals surface area contributed by atoms with Crippen LogP contribution in [0.25, 0.3) is 11.1 Å². The lowest BCUT2D eigenvalue weighted by Gasteiger charge is -2.06. The van der Waals surface area contributed by atoms with E-state index in [1.54, 1.807) is 18.2 Å². The van der Waals surface area contributed by atoms with Crippen molar-refractivity contribution in [2.75, 3.05) is 0 Å². The molecule has 0 spiro atoms. The second kappa shape index (κ2) is 5.72. The predicted molar refractivity (Wildman–Crippen MR) is 84.2 cm³/mol. The zero-order chi connectivity index (χ0) is 15.7. The van der Waals surface area contributed by atoms with Crippen LogP contribution in [-0.4, -0.2) is 13.4 Å². The minimum absolute atomic E-state index is 0.0253. The van der Waals surface area contributed by atoms with E-state index in [-0.39, 0.29) is 11.4 Å². The van der Waals surface area contributed by atoms with Crippen LogP contribution in [0.15, 0.2) is 51.8 Å². The van der Waals surface area contributed by atoms with Gasteiger partial charge in [-0.15, -0.1) is 0 Å². The molecule has 1 heterocycles. The Hall–Kier alpha value is -1.89. The van der Waals surface area contributed by atoms with Crippen LogP contribution < -0.4 is 4.72 Å². The molecule has 1 N–H and O–H groups in total. The molecule has 0 saturated carbocycles. The number of para-hydroxylation sites is 2. The van der Waals surface area contributed by atoms with Crippen molar-refractivity contribution in [3.8, 4) is 0 Å². The fourth-order valence-electron chi connectivity index (χ4n) is 1.98. The summed E-state index contributed by atoms with van der Waals surface area (Å²) in [7, 11) is -3.67. The molecule has 0 aliphatic rings. The number of nitrogens with zero attached hydrogens (tertiary/aromatic N) is 1. The third-order valence-electron chi connectivity index (χ3n) is 3.21. The van der Waals surface area contributed by atoms with E-state index in [0.717, 1.165) is 5.56 Å². The topological polar surface area (TPSA) is 72.2 Å². The summed E-state index contributed by atoms with van der Waals surface area (Å²) in [6, 6.07) is 11.8. The van der Waals surface area contributed by atoms with Gasteiger partial charge in [0, 0.05) is 5.02 Å². The molecule has 0 fully saturated rings. The molecule has 0 radical (unpaired) electrons. The van der Waals surface area contributed by atoms with Crippen LogP contribution in [0, 0.1) is 6.92 Å². The summed E-state index contributed by atoms with van der Waals surface area (Å²) < 4.78 is 32.4. The van der Waals surface area contributed by atoms with Crippen LogP contribution >= 0.6 is 11.6 Å². The first-order valence-electron chi connectivity index (χ1n) is 6.56. The van der Waals surface area contributed by atoms with Gasteiger partial charge >= 0.3 is 0 Å². The Labute approximate surface area is 133 Å². The first-order chi connectivity index (χ1) is 10.5. The second-order valence-electron chi connectivity index (χ2n) is 4.81. The Kier molecular flexibility index (Phi) is 3.90. The van der Waals surface area contributed by atoms with E-state index in [9.17, 15) is 8.42 Å². The van der Waals surface area contributed by atoms with Crippen molar-refractivity contribution in [2.45, 2.75) is 18.4 Å². The van der Waals surface area contributed by atoms with Crippen LogP contribution in [0.1, 0.15) is 11.5 Å². The molecule has 22 heavy (non-hydrogen) atoms. The molecule has 3 rings (SSSR count). The number of hydrogen-bond acceptors (Lipinski definition) is 4. The summed E-state index contributed by atoms with van der Waals surface area (Å²) in [4.78, 5) is 4.33. The Morgan fingerprint density at radius 2 is 2.00 bits per heavy atom. The number of halogens is 1. The van der Waals surface area contributed by atoms with Crippen molar-refractivity contribution < 1.29 is 12.8 Å². The van der Waals surface area contributed by atoms with Crippen LogP contribution in [0.2, 0.25) is 5.02 Å². The Morgan fingerprint density at radius 1 is 1.23 bits per heavy atom. The van der Waals surface area contributed by atoms with Crippen molar-refractivity contribution in [2.24, 2.45) is 0 Å². The van der Waals surface area contributed by atoms with Gasteiger partial charge in [-0.1, -0.05) is 29.8 Å². The Morgan fingerprint density at radius 3 is 2.73 bits per heavy atom. The molecule has 0 amide bonds. The number of fused-ring (bicyclic) bond motifs is 1. The fourth-order valence-corrected chi connectivity index (χ4v) is 3.22. The summed E-state index contributed by atoms with van der Waals surface area (Å²) in [5.41, 5.74) is 2.13. The molecular weight excluding hydrogens is 324 g/mol. The average molecular weight is 337 g/mol. The standard InChI is InChI=1S/C15H13ClN2O3S/c1-10-6-7-11(8-12(10)16)22(19,20)17-9-15-18-13-4-2-3-5-14(13)21-15/h2-8,17H,9H2,1H3. The maximum absolute atomic E-state index is 12.2. The molecule has 0 aliphatic carbocycles. The minimum Gasteiger partial charge on any atom is -0.439 e. The number of nitrogens with one attached hydrogen (secondary N) is 1. The monoisotopic (exact) mass is 336 g/mol. The van der Waals surface area contributed by atoms with Gasteiger partial charge in [0.15, 0.2) is 5.58 Å². The number of rotatable bonds is 4. The molecule has 5 nitrogen and oxygen atoms in total. The molecule has 114 valence electrons. The predicted octanol–water partition coefficient (Wildman–Crippen LogP) is 3.27. The van der Waals surface area contributed by atoms with Crippen molar-refractivity contribution >= 4 is 32.7 Å². The van der Waals surface area contributed by atoms with Crippen molar-refractivity contribution in [1.29, 1.82) is 0 Å². The van der Waals surface area contributed by atoms with E-state index < -0.39 is 10.0 Å². The number of aromatic nitrogens is 1. The molecule has 0 atom stereocenters. The van der Waals surface area contributed by atoms with Crippen molar-refractivity contribution in [3.63, 3.8) is 0 Å². The summed E-state index contributed by atoms with van der Waals surface area (Å²) in [5, 5.41) is 0.407. The van der Waals surface area contributed by atoms with Gasteiger partial charge in [0.05, 0.1) is 11.4 Å². The van der Waals surface area contributed by atoms with Gasteiger partial charge in [-0.2, -0.15) is 0 Å². The van der Waals surface area contributed by atoms with Crippen LogP contribution in [-0.2, 0) is 16.6 Å². The smallest absolute Gasteiger partial charge is 0.241 e. The summed E-state index contributed by atoms with van der Waals surface area (Å²) in [5.74, 6) is 0.308. The largest absolute Gasteiger partial charge is 0.439 e. The summed E-state index contributed by atoms with van der Waals surface area (Å²) >= 11 is 5.97. The highest BCUT2D eigenvalue weighted by Crippen LogP contribution is 2.20. The normalized spacial score (nSPS) is 11.9. The maximum Gasteiger partial charge on any atom is 0.241 e. The maximum atomic E-state index is 12.2. The van der Waals surface area contributed by atoms with Gasteiger partial charge in [0.25, 0.3) is 0 Å². The van der Waals surface area contributed by atoms with Gasteiger partial charge in [0.2, 0.25) is 15.9 Å². The Bertz CT molecular complexity index is 902. The van der Waals surface area contributed by atoms with Gasteiger partial charge in [0.1, 0.15) is 5.52 Å². The molecule has 0 saturated heterocycles. The molecule has 3 aromatic rings. The molecule has 1 aromatic heterocycles. The molecule has 2 aromatic carbocycles. The highest BCUT2D eigenvalue weighted by Gasteiger charge is 2.16. The van der Waals surface area contributed by atoms with Crippen LogP contribution in [0.4, 0.5) is 0 Å². The highest BCUT2D eigenvalue weighted by molar-refractivity contribution is 7.89. The highest BCUT2D eigenvalue weighted by atomic mass is 35.5. The quantitative estimate of drug-likeness (QED) is 0.793. The lowest BCUT2D eigenvalue weighted by Crippen LogP contribution is -2.23. The number of sulfonamides is 1. The third-order valence-corrected chi connectivity index (χ3v) is 5.01. The fraction of sp³-hybridized carbons (Fsp3) is 0.133. The SMILES string of the molecule is Cc1ccc(S(=O)(=O)NCc2nc3ccccc3o2)cc1Cl. The number of oxazole rings is 1. The summed E-state index contributed by atoms with van der Waals surface area (Å²) in [6.07, 6.45) is 0. The molecule has 0 unspecified atom stereocenters. The number of benzene rings is 2. The van der Waals surface area contributed by atoms with E-state index in [0.29, 0.717) is 22.0 Å². The van der Waals surface area contributed by atoms with Crippen molar-refractivity contribution in [3.05, 3.63) is 58.9 Å². The molecule has 0 aliphatic heterocycles. The molecule has 7 heteroatoms. The Balaban J connectivity index is 1.80. The van der Waals surface area contributed by atoms with E-state index in [2.05, 4.69) is 9.71 Å². The van der Waals surface area contributed by atoms with Gasteiger partial charge in [-0.3, -0.25) is 0 Å². The lowest BCUT2D eigenvalue weighted by molar-refractivity contribution is 0.513. The summed E-state index contributed by atoms with van der Waals surface area (Å²) in [6.45, 7) is 1.78. The van der Waals surface area contributed by atoms with Crippen molar-refractivity contribution in [1.82, 2.24) is 9.71 Å². The lowest BCUT2D eigenvalue weighted by atomic mass is 10.2. The third kappa shape index (κ3) is 2.99. The van der Waals surface area contributed by atoms with E-state index in [1.807, 2.05) is 19.1 Å². The van der Waals surface area contributed by atoms with E-state index in [1.165, 1.54) is 12.1 Å². The zero-order valence-electron chi connectivity index (χ0n) is 11.7. The number of aryl methyl sites for hydroxylation is 1. The van der Waals surface area contributed by atoms with Crippen LogP contribution in [0.5, 0.6) is 0 Å². The van der Waals surface area contributed by atoms with Gasteiger partial charge < -0.3 is 4.42 Å². The molecular formula is C15H13ClN2O3S. The van der Waals surface area contributed by atoms with Gasteiger partial charge in [-0.25, -0.2) is 18.1 Å². The first kappa shape index (κ1) is 15.0. The van der Waals surface area contributed by atoms with E-state index in [4.69, 9.17) is 16.0 Å².